The third-order valence-electron chi connectivity index (χ3n) is 12.0. The maximum Gasteiger partial charge on any atom is 0.416 e. The Morgan fingerprint density at radius 1 is 1.06 bits per heavy atom. The zero-order chi connectivity index (χ0) is 37.6. The summed E-state index contributed by atoms with van der Waals surface area (Å²) in [5.74, 6) is 1.49. The van der Waals surface area contributed by atoms with Crippen LogP contribution in [0.2, 0.25) is 0 Å². The first kappa shape index (κ1) is 39.1. The lowest BCUT2D eigenvalue weighted by Gasteiger charge is -2.63. The largest absolute Gasteiger partial charge is 0.504 e. The van der Waals surface area contributed by atoms with Crippen LogP contribution in [-0.2, 0) is 27.6 Å². The predicted octanol–water partition coefficient (Wildman–Crippen LogP) is 9.03. The van der Waals surface area contributed by atoms with Crippen molar-refractivity contribution in [1.82, 2.24) is 4.90 Å². The molecule has 1 saturated heterocycles. The molecule has 7 rings (SSSR count). The lowest BCUT2D eigenvalue weighted by molar-refractivity contribution is -0.173. The molecule has 288 valence electrons. The van der Waals surface area contributed by atoms with Crippen molar-refractivity contribution < 1.29 is 42.4 Å². The molecule has 3 saturated carbocycles. The smallest absolute Gasteiger partial charge is 0.416 e. The number of fused-ring (bicyclic) bond motifs is 1. The number of esters is 1. The molecule has 10 heteroatoms. The molecular formula is C43H54F3NO6. The van der Waals surface area contributed by atoms with Gasteiger partial charge in [0.15, 0.2) is 11.5 Å². The van der Waals surface area contributed by atoms with E-state index < -0.39 is 22.8 Å². The second-order valence-electron chi connectivity index (χ2n) is 15.6. The lowest BCUT2D eigenvalue weighted by Crippen LogP contribution is -2.73. The Morgan fingerprint density at radius 3 is 2.58 bits per heavy atom. The van der Waals surface area contributed by atoms with E-state index in [1.807, 2.05) is 25.1 Å². The number of ether oxygens (including phenoxy) is 2. The number of allylic oxidation sites excluding steroid dienone is 3. The highest BCUT2D eigenvalue weighted by Crippen LogP contribution is 2.60. The van der Waals surface area contributed by atoms with Crippen LogP contribution >= 0.6 is 0 Å². The highest BCUT2D eigenvalue weighted by Gasteiger charge is 2.65. The second-order valence-corrected chi connectivity index (χ2v) is 15.6. The summed E-state index contributed by atoms with van der Waals surface area (Å²) in [5.41, 5.74) is -0.950. The maximum atomic E-state index is 12.7. The summed E-state index contributed by atoms with van der Waals surface area (Å²) in [5, 5.41) is 23.5. The van der Waals surface area contributed by atoms with Gasteiger partial charge in [-0.3, -0.25) is 14.5 Å². The quantitative estimate of drug-likeness (QED) is 0.0972. The number of rotatable bonds is 12. The summed E-state index contributed by atoms with van der Waals surface area (Å²) >= 11 is 0. The minimum Gasteiger partial charge on any atom is -0.504 e. The average molecular weight is 738 g/mol. The van der Waals surface area contributed by atoms with Crippen LogP contribution in [0.5, 0.6) is 17.2 Å². The highest BCUT2D eigenvalue weighted by molar-refractivity contribution is 5.83. The summed E-state index contributed by atoms with van der Waals surface area (Å²) in [6.07, 6.45) is 16.3. The van der Waals surface area contributed by atoms with Gasteiger partial charge in [-0.2, -0.15) is 13.2 Å². The topological polar surface area (TPSA) is 96.3 Å². The molecule has 1 heterocycles. The Balaban J connectivity index is 0.000000206. The van der Waals surface area contributed by atoms with E-state index in [0.29, 0.717) is 50.2 Å². The monoisotopic (exact) mass is 737 g/mol. The molecule has 4 fully saturated rings. The number of phenols is 1. The minimum atomic E-state index is -4.32. The number of aliphatic hydroxyl groups is 1. The van der Waals surface area contributed by atoms with Crippen LogP contribution < -0.4 is 9.47 Å². The van der Waals surface area contributed by atoms with Crippen molar-refractivity contribution in [3.63, 3.8) is 0 Å². The molecule has 3 unspecified atom stereocenters. The van der Waals surface area contributed by atoms with Gasteiger partial charge in [0.25, 0.3) is 0 Å². The van der Waals surface area contributed by atoms with E-state index in [9.17, 15) is 33.0 Å². The first-order valence-electron chi connectivity index (χ1n) is 19.6. The number of carbonyl (C=O) groups is 2. The molecule has 53 heavy (non-hydrogen) atoms. The van der Waals surface area contributed by atoms with Gasteiger partial charge in [0.1, 0.15) is 11.5 Å². The number of nitrogens with zero attached hydrogens (tertiary/aromatic N) is 1. The van der Waals surface area contributed by atoms with E-state index in [1.54, 1.807) is 12.1 Å². The molecule has 1 aliphatic heterocycles. The number of halogens is 3. The lowest BCUT2D eigenvalue weighted by atomic mass is 9.49. The van der Waals surface area contributed by atoms with E-state index in [-0.39, 0.29) is 47.9 Å². The zero-order valence-corrected chi connectivity index (χ0v) is 30.8. The van der Waals surface area contributed by atoms with Crippen LogP contribution in [-0.4, -0.2) is 58.2 Å². The molecule has 2 aromatic carbocycles. The van der Waals surface area contributed by atoms with Crippen molar-refractivity contribution >= 4 is 11.8 Å². The van der Waals surface area contributed by atoms with Gasteiger partial charge in [0.05, 0.1) is 17.8 Å². The molecule has 0 aromatic heterocycles. The van der Waals surface area contributed by atoms with Crippen molar-refractivity contribution in [2.45, 2.75) is 126 Å². The number of piperidine rings is 1. The predicted molar refractivity (Wildman–Crippen MR) is 197 cm³/mol. The number of likely N-dealkylation sites (tertiary alicyclic amines) is 1. The highest BCUT2D eigenvalue weighted by atomic mass is 19.4. The Kier molecular flexibility index (Phi) is 12.4. The molecule has 2 bridgehead atoms. The number of ketones is 1. The van der Waals surface area contributed by atoms with E-state index in [2.05, 4.69) is 17.1 Å². The van der Waals surface area contributed by atoms with Gasteiger partial charge in [-0.25, -0.2) is 0 Å². The summed E-state index contributed by atoms with van der Waals surface area (Å²) in [6.45, 7) is 4.16. The van der Waals surface area contributed by atoms with E-state index in [4.69, 9.17) is 9.47 Å². The minimum absolute atomic E-state index is 0.0492. The Labute approximate surface area is 311 Å². The number of unbranched alkanes of at least 4 members (excludes halogenated alkanes) is 1. The van der Waals surface area contributed by atoms with Crippen LogP contribution in [0.1, 0.15) is 114 Å². The molecule has 3 atom stereocenters. The molecule has 0 spiro atoms. The van der Waals surface area contributed by atoms with Crippen LogP contribution in [0.25, 0.3) is 0 Å². The Morgan fingerprint density at radius 2 is 1.85 bits per heavy atom. The van der Waals surface area contributed by atoms with Crippen molar-refractivity contribution in [3.8, 4) is 17.2 Å². The molecule has 0 amide bonds. The van der Waals surface area contributed by atoms with Crippen molar-refractivity contribution in [1.29, 1.82) is 0 Å². The molecule has 4 aliphatic carbocycles. The fraction of sp³-hybridized carbons (Fsp3) is 0.581. The first-order valence-corrected chi connectivity index (χ1v) is 19.6. The van der Waals surface area contributed by atoms with Crippen molar-refractivity contribution in [3.05, 3.63) is 77.4 Å². The van der Waals surface area contributed by atoms with E-state index >= 15 is 0 Å². The van der Waals surface area contributed by atoms with Gasteiger partial charge in [-0.05, 0) is 119 Å². The number of carbonyl (C=O) groups excluding carboxylic acids is 2. The molecule has 2 aromatic rings. The SMILES string of the molecule is C/C=C\CCCC(=O)Oc1ccc2c(c1O)C13CCN(CC4CC4)C(C2)C1(O)CCC(=O)C3.FC(F)(F)c1cccc(OCC/C=C/C2CCCC2)c1. The average Bonchev–Trinajstić information content (AvgIpc) is 3.79. The van der Waals surface area contributed by atoms with Gasteiger partial charge in [-0.1, -0.05) is 49.3 Å². The van der Waals surface area contributed by atoms with Crippen molar-refractivity contribution in [2.75, 3.05) is 19.7 Å². The number of Topliss-reactive ketones (excluding diaryl/α,β-unsaturated/α-hetero) is 1. The van der Waals surface area contributed by atoms with Crippen molar-refractivity contribution in [2.24, 2.45) is 11.8 Å². The Bertz CT molecular complexity index is 1660. The third kappa shape index (κ3) is 9.02. The summed E-state index contributed by atoms with van der Waals surface area (Å²) in [6, 6.07) is 8.55. The molecule has 7 nitrogen and oxygen atoms in total. The second kappa shape index (κ2) is 16.8. The van der Waals surface area contributed by atoms with Crippen LogP contribution in [0.15, 0.2) is 60.7 Å². The fourth-order valence-corrected chi connectivity index (χ4v) is 9.07. The van der Waals surface area contributed by atoms with Gasteiger partial charge in [-0.15, -0.1) is 0 Å². The normalized spacial score (nSPS) is 25.9. The summed E-state index contributed by atoms with van der Waals surface area (Å²) in [4.78, 5) is 27.5. The number of hydrogen-bond acceptors (Lipinski definition) is 7. The summed E-state index contributed by atoms with van der Waals surface area (Å²) < 4.78 is 48.5. The number of benzene rings is 2. The van der Waals surface area contributed by atoms with Gasteiger partial charge in [0.2, 0.25) is 0 Å². The van der Waals surface area contributed by atoms with Crippen LogP contribution in [0, 0.1) is 11.8 Å². The molecule has 2 N–H and O–H groups in total. The first-order chi connectivity index (χ1) is 25.4. The van der Waals surface area contributed by atoms with Gasteiger partial charge in [0, 0.05) is 42.8 Å². The summed E-state index contributed by atoms with van der Waals surface area (Å²) in [7, 11) is 0. The van der Waals surface area contributed by atoms with Crippen LogP contribution in [0.4, 0.5) is 13.2 Å². The van der Waals surface area contributed by atoms with E-state index in [0.717, 1.165) is 49.5 Å². The molecular weight excluding hydrogens is 683 g/mol. The molecule has 5 aliphatic rings. The standard InChI is InChI=1S/C27H35NO5.C16H19F3O/c1-2-3-4-5-6-23(30)33-21-10-9-19-15-22-27(32)12-11-20(29)16-26(27,24(19)25(21)31)13-14-28(22)17-18-7-8-18;17-16(18,19)14-9-5-10-15(12-14)20-11-4-3-8-13-6-1-2-7-13/h2-3,9-10,18,22,31-32H,4-8,11-17H2,1H3;3,5,8-10,12-13H,1-2,4,6-7,11H2/b3-2-;8-3+. The van der Waals surface area contributed by atoms with Crippen LogP contribution in [0.3, 0.4) is 0 Å². The number of hydrogen-bond donors (Lipinski definition) is 2. The maximum absolute atomic E-state index is 12.7. The van der Waals surface area contributed by atoms with Gasteiger partial charge < -0.3 is 19.7 Å². The van der Waals surface area contributed by atoms with Gasteiger partial charge >= 0.3 is 12.1 Å². The number of phenolic OH excluding ortho intramolecular Hbond substituents is 1. The fourth-order valence-electron chi connectivity index (χ4n) is 9.07. The third-order valence-corrected chi connectivity index (χ3v) is 12.0. The Hall–Kier alpha value is -3.63. The molecule has 0 radical (unpaired) electrons. The zero-order valence-electron chi connectivity index (χ0n) is 30.8. The number of alkyl halides is 3. The number of aromatic hydroxyl groups is 1. The van der Waals surface area contributed by atoms with E-state index in [1.165, 1.54) is 44.6 Å².